The van der Waals surface area contributed by atoms with Crippen LogP contribution in [0.25, 0.3) is 0 Å². The summed E-state index contributed by atoms with van der Waals surface area (Å²) in [7, 11) is 1.33. The molecule has 80 valence electrons. The van der Waals surface area contributed by atoms with Gasteiger partial charge in [-0.2, -0.15) is 0 Å². The van der Waals surface area contributed by atoms with Crippen LogP contribution in [0.4, 0.5) is 5.82 Å². The molecule has 0 atom stereocenters. The smallest absolute Gasteiger partial charge is 0.358 e. The van der Waals surface area contributed by atoms with Gasteiger partial charge in [-0.3, -0.25) is 0 Å². The molecule has 1 fully saturated rings. The number of methoxy groups -OCH3 is 1. The third kappa shape index (κ3) is 1.91. The average molecular weight is 207 g/mol. The highest BCUT2D eigenvalue weighted by atomic mass is 16.5. The largest absolute Gasteiger partial charge is 0.464 e. The van der Waals surface area contributed by atoms with Crippen molar-refractivity contribution in [2.24, 2.45) is 5.92 Å². The summed E-state index contributed by atoms with van der Waals surface area (Å²) in [5.74, 6) is 1.08. The van der Waals surface area contributed by atoms with E-state index in [1.54, 1.807) is 6.20 Å². The second-order valence-corrected chi connectivity index (χ2v) is 3.76. The Hall–Kier alpha value is -1.65. The first-order valence-corrected chi connectivity index (χ1v) is 4.86. The van der Waals surface area contributed by atoms with Crippen molar-refractivity contribution in [3.63, 3.8) is 0 Å². The van der Waals surface area contributed by atoms with E-state index in [9.17, 15) is 4.79 Å². The monoisotopic (exact) mass is 207 g/mol. The first kappa shape index (κ1) is 9.89. The lowest BCUT2D eigenvalue weighted by atomic mass is 10.0. The quantitative estimate of drug-likeness (QED) is 0.669. The number of rotatable bonds is 2. The summed E-state index contributed by atoms with van der Waals surface area (Å²) in [5.41, 5.74) is 0.245. The number of anilines is 1. The fourth-order valence-electron chi connectivity index (χ4n) is 1.58. The summed E-state index contributed by atoms with van der Waals surface area (Å²) in [6.45, 7) is 4.20. The Balaban J connectivity index is 2.07. The van der Waals surface area contributed by atoms with Gasteiger partial charge in [0.15, 0.2) is 5.69 Å². The molecule has 1 saturated heterocycles. The van der Waals surface area contributed by atoms with Crippen LogP contribution >= 0.6 is 0 Å². The Morgan fingerprint density at radius 1 is 1.47 bits per heavy atom. The first-order chi connectivity index (χ1) is 7.20. The van der Waals surface area contributed by atoms with E-state index in [-0.39, 0.29) is 5.69 Å². The second kappa shape index (κ2) is 3.84. The number of nitrogens with zero attached hydrogens (tertiary/aromatic N) is 3. The number of ether oxygens (including phenoxy) is 1. The summed E-state index contributed by atoms with van der Waals surface area (Å²) in [6.07, 6.45) is 3.06. The molecule has 0 aliphatic carbocycles. The molecule has 0 radical (unpaired) electrons. The van der Waals surface area contributed by atoms with Crippen LogP contribution in [0.5, 0.6) is 0 Å². The Morgan fingerprint density at radius 2 is 2.20 bits per heavy atom. The van der Waals surface area contributed by atoms with E-state index >= 15 is 0 Å². The van der Waals surface area contributed by atoms with Crippen molar-refractivity contribution in [1.82, 2.24) is 9.97 Å². The van der Waals surface area contributed by atoms with Crippen LogP contribution < -0.4 is 4.90 Å². The van der Waals surface area contributed by atoms with Crippen molar-refractivity contribution < 1.29 is 9.53 Å². The lowest BCUT2D eigenvalue weighted by Gasteiger charge is -2.37. The molecule has 0 saturated carbocycles. The van der Waals surface area contributed by atoms with Gasteiger partial charge in [0, 0.05) is 13.1 Å². The summed E-state index contributed by atoms with van der Waals surface area (Å²) < 4.78 is 4.54. The van der Waals surface area contributed by atoms with Gasteiger partial charge in [0.05, 0.1) is 19.5 Å². The summed E-state index contributed by atoms with van der Waals surface area (Å²) in [4.78, 5) is 21.4. The molecule has 15 heavy (non-hydrogen) atoms. The highest BCUT2D eigenvalue weighted by molar-refractivity contribution is 5.86. The van der Waals surface area contributed by atoms with Crippen molar-refractivity contribution in [3.8, 4) is 0 Å². The molecular formula is C10H13N3O2. The number of esters is 1. The predicted molar refractivity (Wildman–Crippen MR) is 54.7 cm³/mol. The number of carbonyl (C=O) groups is 1. The Morgan fingerprint density at radius 3 is 2.67 bits per heavy atom. The Kier molecular flexibility index (Phi) is 2.53. The molecule has 0 amide bonds. The van der Waals surface area contributed by atoms with Gasteiger partial charge in [-0.05, 0) is 5.92 Å². The highest BCUT2D eigenvalue weighted by Gasteiger charge is 2.23. The van der Waals surface area contributed by atoms with Gasteiger partial charge >= 0.3 is 5.97 Å². The minimum Gasteiger partial charge on any atom is -0.464 e. The highest BCUT2D eigenvalue weighted by Crippen LogP contribution is 2.20. The summed E-state index contributed by atoms with van der Waals surface area (Å²) in [6, 6.07) is 0. The van der Waals surface area contributed by atoms with Crippen LogP contribution in [0.1, 0.15) is 17.4 Å². The van der Waals surface area contributed by atoms with E-state index in [0.29, 0.717) is 5.92 Å². The molecule has 0 unspecified atom stereocenters. The van der Waals surface area contributed by atoms with Crippen molar-refractivity contribution >= 4 is 11.8 Å². The molecule has 1 aromatic rings. The van der Waals surface area contributed by atoms with Crippen LogP contribution in [0, 0.1) is 5.92 Å². The van der Waals surface area contributed by atoms with Gasteiger partial charge in [0.1, 0.15) is 5.82 Å². The van der Waals surface area contributed by atoms with Crippen molar-refractivity contribution in [2.45, 2.75) is 6.92 Å². The second-order valence-electron chi connectivity index (χ2n) is 3.76. The molecule has 5 nitrogen and oxygen atoms in total. The SMILES string of the molecule is COC(=O)c1cnc(N2CC(C)C2)cn1. The van der Waals surface area contributed by atoms with Gasteiger partial charge in [-0.25, -0.2) is 14.8 Å². The minimum absolute atomic E-state index is 0.245. The maximum Gasteiger partial charge on any atom is 0.358 e. The maximum atomic E-state index is 11.1. The molecule has 2 rings (SSSR count). The number of hydrogen-bond acceptors (Lipinski definition) is 5. The van der Waals surface area contributed by atoms with Crippen molar-refractivity contribution in [1.29, 1.82) is 0 Å². The summed E-state index contributed by atoms with van der Waals surface area (Å²) >= 11 is 0. The van der Waals surface area contributed by atoms with E-state index in [1.807, 2.05) is 0 Å². The fourth-order valence-corrected chi connectivity index (χ4v) is 1.58. The van der Waals surface area contributed by atoms with Crippen molar-refractivity contribution in [3.05, 3.63) is 18.1 Å². The molecule has 0 spiro atoms. The third-order valence-electron chi connectivity index (χ3n) is 2.42. The zero-order chi connectivity index (χ0) is 10.8. The van der Waals surface area contributed by atoms with Gasteiger partial charge in [0.2, 0.25) is 0 Å². The third-order valence-corrected chi connectivity index (χ3v) is 2.42. The minimum atomic E-state index is -0.453. The molecule has 5 heteroatoms. The van der Waals surface area contributed by atoms with Crippen LogP contribution in [0.15, 0.2) is 12.4 Å². The average Bonchev–Trinajstić information content (AvgIpc) is 2.24. The molecule has 1 aliphatic heterocycles. The number of aromatic nitrogens is 2. The molecular weight excluding hydrogens is 194 g/mol. The molecule has 0 bridgehead atoms. The van der Waals surface area contributed by atoms with Gasteiger partial charge in [-0.1, -0.05) is 6.92 Å². The lowest BCUT2D eigenvalue weighted by molar-refractivity contribution is 0.0593. The normalized spacial score (nSPS) is 16.0. The lowest BCUT2D eigenvalue weighted by Crippen LogP contribution is -2.45. The molecule has 1 aliphatic rings. The van der Waals surface area contributed by atoms with Gasteiger partial charge in [0.25, 0.3) is 0 Å². The van der Waals surface area contributed by atoms with E-state index in [2.05, 4.69) is 26.5 Å². The van der Waals surface area contributed by atoms with E-state index in [1.165, 1.54) is 13.3 Å². The first-order valence-electron chi connectivity index (χ1n) is 4.86. The Labute approximate surface area is 88.1 Å². The zero-order valence-electron chi connectivity index (χ0n) is 8.80. The van der Waals surface area contributed by atoms with Crippen LogP contribution in [-0.4, -0.2) is 36.1 Å². The molecule has 2 heterocycles. The Bertz CT molecular complexity index is 357. The van der Waals surface area contributed by atoms with E-state index in [4.69, 9.17) is 0 Å². The van der Waals surface area contributed by atoms with Crippen LogP contribution in [0.3, 0.4) is 0 Å². The van der Waals surface area contributed by atoms with Gasteiger partial charge in [-0.15, -0.1) is 0 Å². The topological polar surface area (TPSA) is 55.3 Å². The standard InChI is InChI=1S/C10H13N3O2/c1-7-5-13(6-7)9-4-11-8(3-12-9)10(14)15-2/h3-4,7H,5-6H2,1-2H3. The molecule has 1 aromatic heterocycles. The molecule has 0 N–H and O–H groups in total. The summed E-state index contributed by atoms with van der Waals surface area (Å²) in [5, 5.41) is 0. The molecule has 0 aromatic carbocycles. The van der Waals surface area contributed by atoms with Crippen molar-refractivity contribution in [2.75, 3.05) is 25.1 Å². The number of carbonyl (C=O) groups excluding carboxylic acids is 1. The van der Waals surface area contributed by atoms with E-state index < -0.39 is 5.97 Å². The maximum absolute atomic E-state index is 11.1. The zero-order valence-corrected chi connectivity index (χ0v) is 8.80. The fraction of sp³-hybridized carbons (Fsp3) is 0.500. The van der Waals surface area contributed by atoms with Crippen LogP contribution in [0.2, 0.25) is 0 Å². The van der Waals surface area contributed by atoms with Gasteiger partial charge < -0.3 is 9.64 Å². The van der Waals surface area contributed by atoms with Crippen LogP contribution in [-0.2, 0) is 4.74 Å². The predicted octanol–water partition coefficient (Wildman–Crippen LogP) is 0.719. The number of hydrogen-bond donors (Lipinski definition) is 0. The van der Waals surface area contributed by atoms with E-state index in [0.717, 1.165) is 18.9 Å².